The molecule has 0 saturated carbocycles. The van der Waals surface area contributed by atoms with Crippen LogP contribution in [-0.4, -0.2) is 9.97 Å². The molecule has 0 amide bonds. The van der Waals surface area contributed by atoms with Gasteiger partial charge in [-0.05, 0) is 0 Å². The van der Waals surface area contributed by atoms with Gasteiger partial charge in [-0.1, -0.05) is 6.92 Å². The molecule has 0 atom stereocenters. The van der Waals surface area contributed by atoms with E-state index >= 15 is 0 Å². The third-order valence-electron chi connectivity index (χ3n) is 1.22. The summed E-state index contributed by atoms with van der Waals surface area (Å²) in [6.07, 6.45) is 0.770. The molecule has 0 bridgehead atoms. The molecule has 1 heterocycles. The molecule has 4 heteroatoms. The first kappa shape index (κ1) is 6.62. The van der Waals surface area contributed by atoms with Crippen molar-refractivity contribution >= 4 is 5.82 Å². The van der Waals surface area contributed by atoms with Crippen molar-refractivity contribution in [3.8, 4) is 6.07 Å². The number of nitrogen functional groups attached to an aromatic ring is 1. The molecule has 1 aromatic rings. The highest BCUT2D eigenvalue weighted by Crippen LogP contribution is 2.05. The number of hydrogen-bond acceptors (Lipinski definition) is 3. The Balaban J connectivity index is 3.07. The van der Waals surface area contributed by atoms with Crippen LogP contribution in [0.5, 0.6) is 0 Å². The van der Waals surface area contributed by atoms with E-state index in [0.29, 0.717) is 5.82 Å². The second-order valence-electron chi connectivity index (χ2n) is 1.91. The van der Waals surface area contributed by atoms with Crippen molar-refractivity contribution in [1.82, 2.24) is 9.97 Å². The lowest BCUT2D eigenvalue weighted by Gasteiger charge is -1.81. The molecule has 0 aromatic carbocycles. The number of nitriles is 1. The van der Waals surface area contributed by atoms with E-state index in [-0.39, 0.29) is 5.69 Å². The second-order valence-corrected chi connectivity index (χ2v) is 1.91. The number of nitrogens with one attached hydrogen (secondary N) is 1. The number of anilines is 1. The van der Waals surface area contributed by atoms with E-state index in [0.717, 1.165) is 12.2 Å². The average molecular weight is 136 g/mol. The van der Waals surface area contributed by atoms with Crippen LogP contribution in [0.2, 0.25) is 0 Å². The standard InChI is InChI=1S/C6H8N4/c1-2-5-9-4(3-7)6(8)10-5/h2,8H2,1H3,(H,9,10). The van der Waals surface area contributed by atoms with Gasteiger partial charge in [-0.25, -0.2) is 4.98 Å². The van der Waals surface area contributed by atoms with Crippen molar-refractivity contribution < 1.29 is 0 Å². The van der Waals surface area contributed by atoms with Gasteiger partial charge in [-0.3, -0.25) is 0 Å². The SMILES string of the molecule is CCc1nc(C#N)c(N)[nH]1. The summed E-state index contributed by atoms with van der Waals surface area (Å²) in [6.45, 7) is 1.94. The molecule has 0 saturated heterocycles. The molecule has 1 rings (SSSR count). The number of rotatable bonds is 1. The van der Waals surface area contributed by atoms with E-state index in [2.05, 4.69) is 9.97 Å². The van der Waals surface area contributed by atoms with Crippen LogP contribution >= 0.6 is 0 Å². The monoisotopic (exact) mass is 136 g/mol. The number of imidazole rings is 1. The van der Waals surface area contributed by atoms with Crippen LogP contribution in [0.4, 0.5) is 5.82 Å². The van der Waals surface area contributed by atoms with Gasteiger partial charge >= 0.3 is 0 Å². The molecule has 10 heavy (non-hydrogen) atoms. The molecule has 3 N–H and O–H groups in total. The molecule has 0 fully saturated rings. The Hall–Kier alpha value is -1.50. The predicted molar refractivity (Wildman–Crippen MR) is 37.1 cm³/mol. The molecule has 52 valence electrons. The summed E-state index contributed by atoms with van der Waals surface area (Å²) < 4.78 is 0. The molecule has 0 radical (unpaired) electrons. The van der Waals surface area contributed by atoms with Crippen molar-refractivity contribution in [3.63, 3.8) is 0 Å². The van der Waals surface area contributed by atoms with Crippen LogP contribution in [0.1, 0.15) is 18.4 Å². The summed E-state index contributed by atoms with van der Waals surface area (Å²) in [5.41, 5.74) is 5.68. The van der Waals surface area contributed by atoms with Crippen LogP contribution in [0, 0.1) is 11.3 Å². The minimum absolute atomic E-state index is 0.289. The summed E-state index contributed by atoms with van der Waals surface area (Å²) in [7, 11) is 0. The van der Waals surface area contributed by atoms with Crippen molar-refractivity contribution in [1.29, 1.82) is 5.26 Å². The maximum Gasteiger partial charge on any atom is 0.182 e. The van der Waals surface area contributed by atoms with E-state index in [1.807, 2.05) is 13.0 Å². The minimum atomic E-state index is 0.289. The highest BCUT2D eigenvalue weighted by Gasteiger charge is 2.02. The first-order valence-corrected chi connectivity index (χ1v) is 3.02. The normalized spacial score (nSPS) is 9.20. The minimum Gasteiger partial charge on any atom is -0.383 e. The van der Waals surface area contributed by atoms with Crippen molar-refractivity contribution in [2.24, 2.45) is 0 Å². The lowest BCUT2D eigenvalue weighted by atomic mass is 10.5. The van der Waals surface area contributed by atoms with Crippen LogP contribution in [-0.2, 0) is 6.42 Å². The zero-order valence-electron chi connectivity index (χ0n) is 5.68. The summed E-state index contributed by atoms with van der Waals surface area (Å²) in [4.78, 5) is 6.69. The van der Waals surface area contributed by atoms with Crippen LogP contribution in [0.15, 0.2) is 0 Å². The summed E-state index contributed by atoms with van der Waals surface area (Å²) in [5.74, 6) is 1.12. The van der Waals surface area contributed by atoms with Gasteiger partial charge in [0.1, 0.15) is 17.7 Å². The molecule has 0 aliphatic heterocycles. The summed E-state index contributed by atoms with van der Waals surface area (Å²) in [5, 5.41) is 8.41. The number of nitrogens with two attached hydrogens (primary N) is 1. The maximum absolute atomic E-state index is 8.41. The average Bonchev–Trinajstić information content (AvgIpc) is 2.30. The fraction of sp³-hybridized carbons (Fsp3) is 0.333. The number of H-pyrrole nitrogens is 1. The number of nitrogens with zero attached hydrogens (tertiary/aromatic N) is 2. The van der Waals surface area contributed by atoms with Crippen molar-refractivity contribution in [2.45, 2.75) is 13.3 Å². The molecular formula is C6H8N4. The van der Waals surface area contributed by atoms with Crippen LogP contribution in [0.3, 0.4) is 0 Å². The van der Waals surface area contributed by atoms with E-state index < -0.39 is 0 Å². The first-order chi connectivity index (χ1) is 4.77. The van der Waals surface area contributed by atoms with Gasteiger partial charge in [0.05, 0.1) is 0 Å². The van der Waals surface area contributed by atoms with E-state index in [4.69, 9.17) is 11.0 Å². The smallest absolute Gasteiger partial charge is 0.182 e. The van der Waals surface area contributed by atoms with Gasteiger partial charge in [-0.2, -0.15) is 5.26 Å². The predicted octanol–water partition coefficient (Wildman–Crippen LogP) is 0.426. The third kappa shape index (κ3) is 0.935. The molecule has 4 nitrogen and oxygen atoms in total. The van der Waals surface area contributed by atoms with Gasteiger partial charge in [0, 0.05) is 6.42 Å². The molecule has 1 aromatic heterocycles. The zero-order chi connectivity index (χ0) is 7.56. The Bertz CT molecular complexity index is 268. The van der Waals surface area contributed by atoms with Gasteiger partial charge < -0.3 is 10.7 Å². The summed E-state index contributed by atoms with van der Waals surface area (Å²) in [6, 6.07) is 1.88. The second kappa shape index (κ2) is 2.40. The van der Waals surface area contributed by atoms with Gasteiger partial charge in [0.15, 0.2) is 5.69 Å². The molecule has 0 aliphatic rings. The van der Waals surface area contributed by atoms with E-state index in [9.17, 15) is 0 Å². The van der Waals surface area contributed by atoms with Crippen molar-refractivity contribution in [3.05, 3.63) is 11.5 Å². The molecule has 0 aliphatic carbocycles. The fourth-order valence-corrected chi connectivity index (χ4v) is 0.690. The van der Waals surface area contributed by atoms with Crippen LogP contribution in [0.25, 0.3) is 0 Å². The van der Waals surface area contributed by atoms with Crippen LogP contribution < -0.4 is 5.73 Å². The zero-order valence-corrected chi connectivity index (χ0v) is 5.68. The number of hydrogen-bond donors (Lipinski definition) is 2. The Morgan fingerprint density at radius 3 is 2.80 bits per heavy atom. The summed E-state index contributed by atoms with van der Waals surface area (Å²) >= 11 is 0. The van der Waals surface area contributed by atoms with E-state index in [1.165, 1.54) is 0 Å². The lowest BCUT2D eigenvalue weighted by Crippen LogP contribution is -1.87. The maximum atomic E-state index is 8.41. The highest BCUT2D eigenvalue weighted by molar-refractivity contribution is 5.44. The number of aromatic amines is 1. The number of aromatic nitrogens is 2. The topological polar surface area (TPSA) is 78.5 Å². The lowest BCUT2D eigenvalue weighted by molar-refractivity contribution is 0.988. The Kier molecular flexibility index (Phi) is 1.59. The Morgan fingerprint density at radius 2 is 2.50 bits per heavy atom. The molecule has 0 spiro atoms. The van der Waals surface area contributed by atoms with Gasteiger partial charge in [0.2, 0.25) is 0 Å². The van der Waals surface area contributed by atoms with E-state index in [1.54, 1.807) is 0 Å². The Morgan fingerprint density at radius 1 is 1.80 bits per heavy atom. The van der Waals surface area contributed by atoms with Gasteiger partial charge in [-0.15, -0.1) is 0 Å². The highest BCUT2D eigenvalue weighted by atomic mass is 15.0. The van der Waals surface area contributed by atoms with Crippen molar-refractivity contribution in [2.75, 3.05) is 5.73 Å². The molecule has 0 unspecified atom stereocenters. The van der Waals surface area contributed by atoms with Gasteiger partial charge in [0.25, 0.3) is 0 Å². The largest absolute Gasteiger partial charge is 0.383 e. The third-order valence-corrected chi connectivity index (χ3v) is 1.22. The quantitative estimate of drug-likeness (QED) is 0.587. The first-order valence-electron chi connectivity index (χ1n) is 3.02. The number of aryl methyl sites for hydroxylation is 1. The fourth-order valence-electron chi connectivity index (χ4n) is 0.690. The molecular weight excluding hydrogens is 128 g/mol. The Labute approximate surface area is 58.7 Å².